The Hall–Kier alpha value is -3.12. The Kier molecular flexibility index (Phi) is 16.8. The number of allylic oxidation sites excluding steroid dienone is 24. The number of hydrogen-bond acceptors (Lipinski definition) is 0. The molecular formula is C32H42. The molecule has 170 valence electrons. The average molecular weight is 427 g/mol. The van der Waals surface area contributed by atoms with Crippen LogP contribution in [0.15, 0.2) is 146 Å². The first-order chi connectivity index (χ1) is 15.2. The summed E-state index contributed by atoms with van der Waals surface area (Å²) in [5.41, 5.74) is 0.460. The molecule has 0 heterocycles. The number of rotatable bonds is 11. The van der Waals surface area contributed by atoms with Gasteiger partial charge < -0.3 is 0 Å². The Morgan fingerprint density at radius 1 is 0.219 bits per heavy atom. The van der Waals surface area contributed by atoms with Crippen LogP contribution in [0.2, 0.25) is 0 Å². The van der Waals surface area contributed by atoms with Crippen LogP contribution in [-0.4, -0.2) is 0 Å². The summed E-state index contributed by atoms with van der Waals surface area (Å²) in [6.07, 6.45) is 48.9. The maximum Gasteiger partial charge on any atom is -0.0200 e. The van der Waals surface area contributed by atoms with Gasteiger partial charge in [-0.2, -0.15) is 0 Å². The van der Waals surface area contributed by atoms with Crippen molar-refractivity contribution in [3.63, 3.8) is 0 Å². The standard InChI is InChI=1S/C32H42/c1-31(2,3)29-27-25-23-21-19-17-15-13-11-9-7-8-10-12-14-16-18-20-22-24-26-28-30-32(4,5)6/h7-30H,1-6H3/b9-7+,10-8+,13-11+,14-12+,17-15+,18-16+,21-19+,22-20+,25-23+,26-24+,29-27+,30-28+. The zero-order chi connectivity index (χ0) is 24.0. The Balaban J connectivity index is 4.03. The first-order valence-corrected chi connectivity index (χ1v) is 11.2. The van der Waals surface area contributed by atoms with Crippen LogP contribution >= 0.6 is 0 Å². The Labute approximate surface area is 198 Å². The third kappa shape index (κ3) is 26.9. The fourth-order valence-corrected chi connectivity index (χ4v) is 1.97. The molecule has 0 amide bonds. The quantitative estimate of drug-likeness (QED) is 0.288. The maximum absolute atomic E-state index is 2.19. The lowest BCUT2D eigenvalue weighted by Gasteiger charge is -2.09. The lowest BCUT2D eigenvalue weighted by atomic mass is 9.96. The number of hydrogen-bond donors (Lipinski definition) is 0. The van der Waals surface area contributed by atoms with Gasteiger partial charge >= 0.3 is 0 Å². The molecule has 0 spiro atoms. The van der Waals surface area contributed by atoms with Crippen molar-refractivity contribution in [3.05, 3.63) is 146 Å². The molecule has 0 aromatic carbocycles. The van der Waals surface area contributed by atoms with Crippen LogP contribution in [0.5, 0.6) is 0 Å². The summed E-state index contributed by atoms with van der Waals surface area (Å²) in [6.45, 7) is 13.1. The van der Waals surface area contributed by atoms with Crippen LogP contribution < -0.4 is 0 Å². The second-order valence-electron chi connectivity index (χ2n) is 9.30. The molecule has 0 bridgehead atoms. The van der Waals surface area contributed by atoms with Gasteiger partial charge in [0.15, 0.2) is 0 Å². The molecule has 0 aliphatic heterocycles. The normalized spacial score (nSPS) is 15.6. The molecule has 0 unspecified atom stereocenters. The Morgan fingerprint density at radius 2 is 0.344 bits per heavy atom. The lowest BCUT2D eigenvalue weighted by Crippen LogP contribution is -1.97. The first-order valence-electron chi connectivity index (χ1n) is 11.2. The minimum atomic E-state index is 0.230. The summed E-state index contributed by atoms with van der Waals surface area (Å²) >= 11 is 0. The summed E-state index contributed by atoms with van der Waals surface area (Å²) in [5.74, 6) is 0. The van der Waals surface area contributed by atoms with Gasteiger partial charge in [-0.15, -0.1) is 0 Å². The fourth-order valence-electron chi connectivity index (χ4n) is 1.97. The van der Waals surface area contributed by atoms with Gasteiger partial charge in [0.2, 0.25) is 0 Å². The molecule has 0 rings (SSSR count). The zero-order valence-electron chi connectivity index (χ0n) is 20.9. The second kappa shape index (κ2) is 18.6. The maximum atomic E-state index is 2.19. The van der Waals surface area contributed by atoms with E-state index in [1.54, 1.807) is 0 Å². The van der Waals surface area contributed by atoms with Gasteiger partial charge in [-0.3, -0.25) is 0 Å². The summed E-state index contributed by atoms with van der Waals surface area (Å²) < 4.78 is 0. The van der Waals surface area contributed by atoms with E-state index in [0.29, 0.717) is 0 Å². The van der Waals surface area contributed by atoms with E-state index in [-0.39, 0.29) is 10.8 Å². The van der Waals surface area contributed by atoms with Crippen molar-refractivity contribution in [2.75, 3.05) is 0 Å². The smallest absolute Gasteiger partial charge is 0.0200 e. The minimum absolute atomic E-state index is 0.230. The highest BCUT2D eigenvalue weighted by Gasteiger charge is 2.02. The molecule has 0 N–H and O–H groups in total. The van der Waals surface area contributed by atoms with Crippen molar-refractivity contribution in [3.8, 4) is 0 Å². The monoisotopic (exact) mass is 426 g/mol. The molecule has 0 saturated carbocycles. The summed E-state index contributed by atoms with van der Waals surface area (Å²) in [6, 6.07) is 0. The van der Waals surface area contributed by atoms with Crippen molar-refractivity contribution in [1.29, 1.82) is 0 Å². The largest absolute Gasteiger partial charge is 0.0791 e. The Morgan fingerprint density at radius 3 is 0.469 bits per heavy atom. The van der Waals surface area contributed by atoms with Crippen molar-refractivity contribution in [1.82, 2.24) is 0 Å². The lowest BCUT2D eigenvalue weighted by molar-refractivity contribution is 0.544. The van der Waals surface area contributed by atoms with Crippen molar-refractivity contribution >= 4 is 0 Å². The van der Waals surface area contributed by atoms with E-state index in [1.807, 2.05) is 122 Å². The molecule has 0 aliphatic carbocycles. The van der Waals surface area contributed by atoms with E-state index in [2.05, 4.69) is 65.8 Å². The van der Waals surface area contributed by atoms with Crippen molar-refractivity contribution < 1.29 is 0 Å². The van der Waals surface area contributed by atoms with Gasteiger partial charge in [0.05, 0.1) is 0 Å². The van der Waals surface area contributed by atoms with Gasteiger partial charge in [0.25, 0.3) is 0 Å². The third-order valence-electron chi connectivity index (χ3n) is 3.53. The van der Waals surface area contributed by atoms with Gasteiger partial charge in [0, 0.05) is 0 Å². The molecule has 0 fully saturated rings. The zero-order valence-corrected chi connectivity index (χ0v) is 20.9. The molecule has 0 aliphatic rings. The van der Waals surface area contributed by atoms with Gasteiger partial charge in [-0.05, 0) is 10.8 Å². The van der Waals surface area contributed by atoms with Gasteiger partial charge in [-0.25, -0.2) is 0 Å². The van der Waals surface area contributed by atoms with Crippen LogP contribution in [0.1, 0.15) is 41.5 Å². The molecular weight excluding hydrogens is 384 g/mol. The molecule has 32 heavy (non-hydrogen) atoms. The Bertz CT molecular complexity index is 749. The van der Waals surface area contributed by atoms with E-state index in [9.17, 15) is 0 Å². The summed E-state index contributed by atoms with van der Waals surface area (Å²) in [4.78, 5) is 0. The van der Waals surface area contributed by atoms with E-state index in [1.165, 1.54) is 0 Å². The molecule has 0 saturated heterocycles. The van der Waals surface area contributed by atoms with E-state index in [0.717, 1.165) is 0 Å². The van der Waals surface area contributed by atoms with Crippen molar-refractivity contribution in [2.24, 2.45) is 10.8 Å². The van der Waals surface area contributed by atoms with Crippen LogP contribution in [0.3, 0.4) is 0 Å². The SMILES string of the molecule is CC(C)(C)/C=C/C=C/C=C/C=C/C=C/C=C/C=C/C=C/C=C/C=C/C=C/C=C/C(C)(C)C. The highest BCUT2D eigenvalue weighted by molar-refractivity contribution is 5.23. The minimum Gasteiger partial charge on any atom is -0.0791 e. The predicted octanol–water partition coefficient (Wildman–Crippen LogP) is 9.75. The van der Waals surface area contributed by atoms with Crippen LogP contribution in [-0.2, 0) is 0 Å². The highest BCUT2D eigenvalue weighted by atomic mass is 14.1. The molecule has 0 radical (unpaired) electrons. The molecule has 0 aromatic rings. The van der Waals surface area contributed by atoms with Gasteiger partial charge in [0.1, 0.15) is 0 Å². The topological polar surface area (TPSA) is 0 Å². The predicted molar refractivity (Wildman–Crippen MR) is 149 cm³/mol. The molecule has 0 nitrogen and oxygen atoms in total. The van der Waals surface area contributed by atoms with Crippen LogP contribution in [0, 0.1) is 10.8 Å². The van der Waals surface area contributed by atoms with Crippen LogP contribution in [0.4, 0.5) is 0 Å². The van der Waals surface area contributed by atoms with E-state index < -0.39 is 0 Å². The average Bonchev–Trinajstić information content (AvgIpc) is 2.69. The second-order valence-corrected chi connectivity index (χ2v) is 9.30. The third-order valence-corrected chi connectivity index (χ3v) is 3.53. The van der Waals surface area contributed by atoms with Gasteiger partial charge in [-0.1, -0.05) is 187 Å². The summed E-state index contributed by atoms with van der Waals surface area (Å²) in [5, 5.41) is 0. The highest BCUT2D eigenvalue weighted by Crippen LogP contribution is 2.14. The fraction of sp³-hybridized carbons (Fsp3) is 0.250. The van der Waals surface area contributed by atoms with Crippen molar-refractivity contribution in [2.45, 2.75) is 41.5 Å². The van der Waals surface area contributed by atoms with E-state index >= 15 is 0 Å². The van der Waals surface area contributed by atoms with Crippen LogP contribution in [0.25, 0.3) is 0 Å². The first kappa shape index (κ1) is 28.9. The molecule has 0 atom stereocenters. The molecule has 0 heteroatoms. The summed E-state index contributed by atoms with van der Waals surface area (Å²) in [7, 11) is 0. The molecule has 0 aromatic heterocycles. The van der Waals surface area contributed by atoms with E-state index in [4.69, 9.17) is 0 Å².